The molecule has 0 bridgehead atoms. The molecule has 10 heteroatoms. The van der Waals surface area contributed by atoms with E-state index >= 15 is 0 Å². The maximum Gasteiger partial charge on any atom is 0.257 e. The Morgan fingerprint density at radius 2 is 1.96 bits per heavy atom. The molecule has 0 unspecified atom stereocenters. The van der Waals surface area contributed by atoms with Crippen LogP contribution in [0.25, 0.3) is 22.3 Å². The van der Waals surface area contributed by atoms with Gasteiger partial charge in [0, 0.05) is 24.7 Å². The smallest absolute Gasteiger partial charge is 0.257 e. The number of aromatic nitrogens is 5. The molecule has 0 spiro atoms. The summed E-state index contributed by atoms with van der Waals surface area (Å²) in [4.78, 5) is 32.6. The van der Waals surface area contributed by atoms with Gasteiger partial charge in [-0.25, -0.2) is 19.3 Å². The molecule has 0 aliphatic heterocycles. The van der Waals surface area contributed by atoms with Crippen molar-refractivity contribution in [3.8, 4) is 11.1 Å². The molecule has 0 atom stereocenters. The van der Waals surface area contributed by atoms with Gasteiger partial charge in [0.25, 0.3) is 5.56 Å². The van der Waals surface area contributed by atoms with Crippen LogP contribution in [0.4, 0.5) is 21.7 Å². The Balaban J connectivity index is 1.89. The molecule has 0 amide bonds. The third kappa shape index (κ3) is 3.16. The van der Waals surface area contributed by atoms with Gasteiger partial charge < -0.3 is 20.2 Å². The van der Waals surface area contributed by atoms with Crippen molar-refractivity contribution < 1.29 is 4.39 Å². The largest absolute Gasteiger partial charge is 0.362 e. The molecule has 3 N–H and O–H groups in total. The topological polar surface area (TPSA) is 103 Å². The highest BCUT2D eigenvalue weighted by Gasteiger charge is 2.17. The van der Waals surface area contributed by atoms with E-state index in [1.54, 1.807) is 25.1 Å². The van der Waals surface area contributed by atoms with Gasteiger partial charge in [-0.3, -0.25) is 4.79 Å². The highest BCUT2D eigenvalue weighted by atomic mass is 35.5. The Bertz CT molecular complexity index is 1230. The van der Waals surface area contributed by atoms with Crippen molar-refractivity contribution in [2.24, 2.45) is 0 Å². The monoisotopic (exact) mass is 399 g/mol. The van der Waals surface area contributed by atoms with Gasteiger partial charge in [0.2, 0.25) is 0 Å². The summed E-state index contributed by atoms with van der Waals surface area (Å²) < 4.78 is 14.3. The fourth-order valence-corrected chi connectivity index (χ4v) is 3.03. The van der Waals surface area contributed by atoms with Crippen LogP contribution in [0.2, 0.25) is 5.02 Å². The quantitative estimate of drug-likeness (QED) is 0.486. The first-order valence-electron chi connectivity index (χ1n) is 8.25. The van der Waals surface area contributed by atoms with Crippen LogP contribution in [0.1, 0.15) is 0 Å². The molecule has 0 fully saturated rings. The van der Waals surface area contributed by atoms with Crippen LogP contribution in [0, 0.1) is 5.82 Å². The summed E-state index contributed by atoms with van der Waals surface area (Å²) in [6, 6.07) is 5.62. The first-order valence-corrected chi connectivity index (χ1v) is 8.63. The lowest BCUT2D eigenvalue weighted by Gasteiger charge is -2.19. The molecule has 142 valence electrons. The molecular formula is C18H15ClFN7O. The fourth-order valence-electron chi connectivity index (χ4n) is 2.86. The predicted molar refractivity (Wildman–Crippen MR) is 107 cm³/mol. The number of hydrogen-bond acceptors (Lipinski definition) is 6. The molecule has 4 rings (SSSR count). The number of rotatable bonds is 4. The Labute approximate surface area is 163 Å². The lowest BCUT2D eigenvalue weighted by atomic mass is 10.1. The lowest BCUT2D eigenvalue weighted by molar-refractivity contribution is 0.631. The van der Waals surface area contributed by atoms with E-state index in [0.29, 0.717) is 33.5 Å². The maximum atomic E-state index is 14.3. The number of benzene rings is 1. The number of nitrogens with zero attached hydrogens (tertiary/aromatic N) is 4. The average Bonchev–Trinajstić information content (AvgIpc) is 3.14. The molecule has 4 aromatic rings. The summed E-state index contributed by atoms with van der Waals surface area (Å²) in [7, 11) is 3.56. The molecule has 1 aromatic carbocycles. The van der Waals surface area contributed by atoms with Crippen molar-refractivity contribution in [1.82, 2.24) is 24.9 Å². The summed E-state index contributed by atoms with van der Waals surface area (Å²) in [6.07, 6.45) is 2.90. The van der Waals surface area contributed by atoms with Crippen LogP contribution in [0.15, 0.2) is 41.7 Å². The zero-order chi connectivity index (χ0) is 19.8. The summed E-state index contributed by atoms with van der Waals surface area (Å²) >= 11 is 5.99. The number of nitrogens with one attached hydrogen (secondary N) is 3. The van der Waals surface area contributed by atoms with Crippen molar-refractivity contribution >= 4 is 40.1 Å². The van der Waals surface area contributed by atoms with E-state index < -0.39 is 11.4 Å². The number of anilines is 3. The third-order valence-corrected chi connectivity index (χ3v) is 4.39. The lowest BCUT2D eigenvalue weighted by Crippen LogP contribution is -2.20. The van der Waals surface area contributed by atoms with Crippen LogP contribution in [0.3, 0.4) is 0 Å². The Kier molecular flexibility index (Phi) is 4.44. The number of hydrogen-bond donors (Lipinski definition) is 3. The highest BCUT2D eigenvalue weighted by molar-refractivity contribution is 6.30. The molecule has 0 saturated carbocycles. The third-order valence-electron chi connectivity index (χ3n) is 4.16. The van der Waals surface area contributed by atoms with Gasteiger partial charge in [0.15, 0.2) is 17.0 Å². The number of fused-ring (bicyclic) bond motifs is 1. The summed E-state index contributed by atoms with van der Waals surface area (Å²) in [6.45, 7) is 0. The summed E-state index contributed by atoms with van der Waals surface area (Å²) in [5.41, 5.74) is 1.42. The molecule has 28 heavy (non-hydrogen) atoms. The van der Waals surface area contributed by atoms with E-state index in [9.17, 15) is 9.18 Å². The maximum absolute atomic E-state index is 14.3. The van der Waals surface area contributed by atoms with Gasteiger partial charge in [0.05, 0.1) is 17.6 Å². The van der Waals surface area contributed by atoms with Gasteiger partial charge in [-0.15, -0.1) is 0 Å². The van der Waals surface area contributed by atoms with Gasteiger partial charge in [-0.05, 0) is 24.3 Å². The zero-order valence-corrected chi connectivity index (χ0v) is 15.7. The van der Waals surface area contributed by atoms with Crippen LogP contribution < -0.4 is 15.8 Å². The van der Waals surface area contributed by atoms with Crippen molar-refractivity contribution in [1.29, 1.82) is 0 Å². The van der Waals surface area contributed by atoms with E-state index in [-0.39, 0.29) is 11.1 Å². The number of pyridine rings is 1. The van der Waals surface area contributed by atoms with E-state index in [1.807, 2.05) is 0 Å². The summed E-state index contributed by atoms with van der Waals surface area (Å²) in [5, 5.41) is 3.48. The normalized spacial score (nSPS) is 11.0. The minimum atomic E-state index is -0.546. The molecule has 3 aromatic heterocycles. The molecule has 3 heterocycles. The molecule has 0 aliphatic rings. The van der Waals surface area contributed by atoms with Crippen molar-refractivity contribution in [3.05, 3.63) is 58.1 Å². The van der Waals surface area contributed by atoms with Gasteiger partial charge in [-0.2, -0.15) is 0 Å². The molecule has 8 nitrogen and oxygen atoms in total. The SMILES string of the molecule is CN(C)c1[nH]c(=O)c(-c2cc(Cl)ccc2F)cc1Nc1ncnc2[nH]cnc12. The van der Waals surface area contributed by atoms with Crippen LogP contribution in [0.5, 0.6) is 0 Å². The second-order valence-corrected chi connectivity index (χ2v) is 6.68. The molecular weight excluding hydrogens is 385 g/mol. The van der Waals surface area contributed by atoms with E-state index in [4.69, 9.17) is 11.6 Å². The standard InChI is InChI=1S/C18H15ClFN7O/c1-27(2)17-13(25-16-14-15(22-7-21-14)23-8-24-16)6-11(18(28)26-17)10-5-9(19)3-4-12(10)20/h3-8H,1-2H3,(H,26,28)(H2,21,22,23,24,25). The highest BCUT2D eigenvalue weighted by Crippen LogP contribution is 2.31. The van der Waals surface area contributed by atoms with Crippen LogP contribution >= 0.6 is 11.6 Å². The Hall–Kier alpha value is -3.46. The fraction of sp³-hybridized carbons (Fsp3) is 0.111. The van der Waals surface area contributed by atoms with Crippen LogP contribution in [-0.4, -0.2) is 39.0 Å². The van der Waals surface area contributed by atoms with Crippen molar-refractivity contribution in [2.45, 2.75) is 0 Å². The molecule has 0 aliphatic carbocycles. The van der Waals surface area contributed by atoms with E-state index in [0.717, 1.165) is 0 Å². The van der Waals surface area contributed by atoms with Gasteiger partial charge in [0.1, 0.15) is 18.0 Å². The Morgan fingerprint density at radius 3 is 2.75 bits per heavy atom. The minimum absolute atomic E-state index is 0.106. The van der Waals surface area contributed by atoms with E-state index in [2.05, 4.69) is 30.2 Å². The molecule has 0 radical (unpaired) electrons. The number of imidazole rings is 1. The first-order chi connectivity index (χ1) is 13.4. The van der Waals surface area contributed by atoms with E-state index in [1.165, 1.54) is 30.9 Å². The second kappa shape index (κ2) is 6.93. The first kappa shape index (κ1) is 17.9. The summed E-state index contributed by atoms with van der Waals surface area (Å²) in [5.74, 6) is 0.396. The zero-order valence-electron chi connectivity index (χ0n) is 14.9. The average molecular weight is 400 g/mol. The number of aromatic amines is 2. The van der Waals surface area contributed by atoms with Crippen LogP contribution in [-0.2, 0) is 0 Å². The predicted octanol–water partition coefficient (Wildman–Crippen LogP) is 3.31. The van der Waals surface area contributed by atoms with Crippen molar-refractivity contribution in [3.63, 3.8) is 0 Å². The minimum Gasteiger partial charge on any atom is -0.362 e. The van der Waals surface area contributed by atoms with Gasteiger partial charge >= 0.3 is 0 Å². The molecule has 0 saturated heterocycles. The second-order valence-electron chi connectivity index (χ2n) is 6.24. The number of H-pyrrole nitrogens is 2. The Morgan fingerprint density at radius 1 is 1.14 bits per heavy atom. The van der Waals surface area contributed by atoms with Gasteiger partial charge in [-0.1, -0.05) is 11.6 Å². The van der Waals surface area contributed by atoms with Crippen molar-refractivity contribution in [2.75, 3.05) is 24.3 Å². The number of halogens is 2.